The third kappa shape index (κ3) is 0.981. The zero-order valence-electron chi connectivity index (χ0n) is 7.42. The molecule has 0 amide bonds. The molecule has 13 heavy (non-hydrogen) atoms. The normalized spacial score (nSPS) is 16.0. The molecule has 0 fully saturated rings. The van der Waals surface area contributed by atoms with Crippen molar-refractivity contribution in [1.29, 1.82) is 0 Å². The number of furan rings is 1. The van der Waals surface area contributed by atoms with E-state index in [1.54, 1.807) is 0 Å². The smallest absolute Gasteiger partial charge is 0.153 e. The average molecular weight is 173 g/mol. The largest absolute Gasteiger partial charge is 0.459 e. The third-order valence-corrected chi connectivity index (χ3v) is 2.71. The Balaban J connectivity index is 2.34. The van der Waals surface area contributed by atoms with Gasteiger partial charge in [-0.25, -0.2) is 0 Å². The van der Waals surface area contributed by atoms with Crippen LogP contribution in [0.25, 0.3) is 11.1 Å². The molecule has 2 heterocycles. The van der Waals surface area contributed by atoms with Gasteiger partial charge in [-0.15, -0.1) is 0 Å². The maximum atomic E-state index is 5.73. The van der Waals surface area contributed by atoms with E-state index in [0.29, 0.717) is 0 Å². The SMILES string of the molecule is c1cnc2c3c(oc2c1)CCCC3. The minimum absolute atomic E-state index is 0.953. The van der Waals surface area contributed by atoms with Crippen LogP contribution in [0.15, 0.2) is 22.7 Å². The fraction of sp³-hybridized carbons (Fsp3) is 0.364. The van der Waals surface area contributed by atoms with Gasteiger partial charge >= 0.3 is 0 Å². The van der Waals surface area contributed by atoms with Gasteiger partial charge in [0.1, 0.15) is 11.3 Å². The number of fused-ring (bicyclic) bond motifs is 3. The average Bonchev–Trinajstić information content (AvgIpc) is 2.56. The van der Waals surface area contributed by atoms with Gasteiger partial charge in [-0.3, -0.25) is 4.98 Å². The van der Waals surface area contributed by atoms with Gasteiger partial charge in [0.2, 0.25) is 0 Å². The van der Waals surface area contributed by atoms with E-state index in [2.05, 4.69) is 4.98 Å². The van der Waals surface area contributed by atoms with Crippen LogP contribution in [-0.2, 0) is 12.8 Å². The monoisotopic (exact) mass is 173 g/mol. The van der Waals surface area contributed by atoms with E-state index < -0.39 is 0 Å². The van der Waals surface area contributed by atoms with Gasteiger partial charge in [-0.1, -0.05) is 0 Å². The molecule has 0 aliphatic heterocycles. The Kier molecular flexibility index (Phi) is 1.42. The van der Waals surface area contributed by atoms with Crippen LogP contribution in [0.4, 0.5) is 0 Å². The Morgan fingerprint density at radius 2 is 2.15 bits per heavy atom. The lowest BCUT2D eigenvalue weighted by Crippen LogP contribution is -1.98. The Hall–Kier alpha value is -1.31. The maximum absolute atomic E-state index is 5.73. The van der Waals surface area contributed by atoms with E-state index in [-0.39, 0.29) is 0 Å². The van der Waals surface area contributed by atoms with Crippen molar-refractivity contribution >= 4 is 11.1 Å². The highest BCUT2D eigenvalue weighted by Crippen LogP contribution is 2.29. The fourth-order valence-corrected chi connectivity index (χ4v) is 2.07. The van der Waals surface area contributed by atoms with Crippen LogP contribution >= 0.6 is 0 Å². The molecule has 0 spiro atoms. The summed E-state index contributed by atoms with van der Waals surface area (Å²) in [5, 5.41) is 0. The predicted molar refractivity (Wildman–Crippen MR) is 50.7 cm³/mol. The molecule has 0 unspecified atom stereocenters. The summed E-state index contributed by atoms with van der Waals surface area (Å²) in [5.41, 5.74) is 3.38. The Morgan fingerprint density at radius 3 is 3.15 bits per heavy atom. The van der Waals surface area contributed by atoms with Crippen LogP contribution in [-0.4, -0.2) is 4.98 Å². The van der Waals surface area contributed by atoms with Crippen LogP contribution in [0.5, 0.6) is 0 Å². The fourth-order valence-electron chi connectivity index (χ4n) is 2.07. The third-order valence-electron chi connectivity index (χ3n) is 2.71. The van der Waals surface area contributed by atoms with Crippen LogP contribution in [0, 0.1) is 0 Å². The highest BCUT2D eigenvalue weighted by Gasteiger charge is 2.17. The van der Waals surface area contributed by atoms with Crippen molar-refractivity contribution in [1.82, 2.24) is 4.98 Å². The Morgan fingerprint density at radius 1 is 1.23 bits per heavy atom. The van der Waals surface area contributed by atoms with Crippen molar-refractivity contribution in [2.45, 2.75) is 25.7 Å². The molecule has 0 bridgehead atoms. The lowest BCUT2D eigenvalue weighted by Gasteiger charge is -2.07. The number of nitrogens with zero attached hydrogens (tertiary/aromatic N) is 1. The van der Waals surface area contributed by atoms with Gasteiger partial charge in [-0.05, 0) is 31.4 Å². The first-order chi connectivity index (χ1) is 6.45. The van der Waals surface area contributed by atoms with Crippen molar-refractivity contribution < 1.29 is 4.42 Å². The molecule has 0 saturated heterocycles. The lowest BCUT2D eigenvalue weighted by atomic mass is 9.98. The molecular weight excluding hydrogens is 162 g/mol. The van der Waals surface area contributed by atoms with E-state index in [9.17, 15) is 0 Å². The van der Waals surface area contributed by atoms with E-state index in [4.69, 9.17) is 4.42 Å². The summed E-state index contributed by atoms with van der Waals surface area (Å²) in [7, 11) is 0. The number of rotatable bonds is 0. The van der Waals surface area contributed by atoms with Crippen molar-refractivity contribution in [3.8, 4) is 0 Å². The molecule has 1 aliphatic rings. The lowest BCUT2D eigenvalue weighted by molar-refractivity contribution is 0.506. The summed E-state index contributed by atoms with van der Waals surface area (Å²) in [6.07, 6.45) is 6.60. The summed E-state index contributed by atoms with van der Waals surface area (Å²) < 4.78 is 5.73. The molecule has 0 saturated carbocycles. The first-order valence-corrected chi connectivity index (χ1v) is 4.80. The quantitative estimate of drug-likeness (QED) is 0.612. The molecule has 1 aliphatic carbocycles. The van der Waals surface area contributed by atoms with Crippen molar-refractivity contribution in [2.24, 2.45) is 0 Å². The summed E-state index contributed by atoms with van der Waals surface area (Å²) in [5.74, 6) is 1.17. The minimum Gasteiger partial charge on any atom is -0.459 e. The second-order valence-corrected chi connectivity index (χ2v) is 3.56. The summed E-state index contributed by atoms with van der Waals surface area (Å²) in [6, 6.07) is 3.93. The van der Waals surface area contributed by atoms with E-state index in [1.807, 2.05) is 18.3 Å². The summed E-state index contributed by atoms with van der Waals surface area (Å²) in [6.45, 7) is 0. The number of pyridine rings is 1. The summed E-state index contributed by atoms with van der Waals surface area (Å²) in [4.78, 5) is 4.36. The number of aryl methyl sites for hydroxylation is 2. The van der Waals surface area contributed by atoms with Gasteiger partial charge in [-0.2, -0.15) is 0 Å². The van der Waals surface area contributed by atoms with Crippen molar-refractivity contribution in [3.05, 3.63) is 29.7 Å². The van der Waals surface area contributed by atoms with Gasteiger partial charge in [0.05, 0.1) is 0 Å². The second kappa shape index (κ2) is 2.59. The highest BCUT2D eigenvalue weighted by atomic mass is 16.3. The topological polar surface area (TPSA) is 26.0 Å². The molecule has 2 nitrogen and oxygen atoms in total. The van der Waals surface area contributed by atoms with Crippen LogP contribution in [0.3, 0.4) is 0 Å². The molecule has 0 N–H and O–H groups in total. The van der Waals surface area contributed by atoms with E-state index in [0.717, 1.165) is 23.9 Å². The standard InChI is InChI=1S/C11H11NO/c1-2-5-9-8(4-1)11-10(13-9)6-3-7-12-11/h3,6-7H,1-2,4-5H2. The zero-order chi connectivity index (χ0) is 8.67. The number of aromatic nitrogens is 1. The molecule has 66 valence electrons. The van der Waals surface area contributed by atoms with E-state index >= 15 is 0 Å². The van der Waals surface area contributed by atoms with E-state index in [1.165, 1.54) is 24.2 Å². The number of hydrogen-bond donors (Lipinski definition) is 0. The molecule has 0 radical (unpaired) electrons. The second-order valence-electron chi connectivity index (χ2n) is 3.56. The van der Waals surface area contributed by atoms with Crippen LogP contribution in [0.1, 0.15) is 24.2 Å². The molecule has 2 aromatic heterocycles. The Bertz CT molecular complexity index is 444. The molecular formula is C11H11NO. The van der Waals surface area contributed by atoms with Crippen LogP contribution in [0.2, 0.25) is 0 Å². The molecule has 2 heteroatoms. The van der Waals surface area contributed by atoms with Crippen LogP contribution < -0.4 is 0 Å². The minimum atomic E-state index is 0.953. The predicted octanol–water partition coefficient (Wildman–Crippen LogP) is 2.71. The first kappa shape index (κ1) is 7.13. The molecule has 2 aromatic rings. The van der Waals surface area contributed by atoms with Crippen molar-refractivity contribution in [3.63, 3.8) is 0 Å². The van der Waals surface area contributed by atoms with Gasteiger partial charge in [0.25, 0.3) is 0 Å². The summed E-state index contributed by atoms with van der Waals surface area (Å²) >= 11 is 0. The van der Waals surface area contributed by atoms with Crippen molar-refractivity contribution in [2.75, 3.05) is 0 Å². The maximum Gasteiger partial charge on any atom is 0.153 e. The highest BCUT2D eigenvalue weighted by molar-refractivity contribution is 5.77. The molecule has 0 atom stereocenters. The Labute approximate surface area is 76.6 Å². The van der Waals surface area contributed by atoms with Gasteiger partial charge in [0, 0.05) is 18.2 Å². The number of hydrogen-bond acceptors (Lipinski definition) is 2. The molecule has 0 aromatic carbocycles. The van der Waals surface area contributed by atoms with Gasteiger partial charge in [0.15, 0.2) is 5.58 Å². The first-order valence-electron chi connectivity index (χ1n) is 4.80. The molecule has 3 rings (SSSR count). The zero-order valence-corrected chi connectivity index (χ0v) is 7.42. The van der Waals surface area contributed by atoms with Gasteiger partial charge < -0.3 is 4.42 Å².